The van der Waals surface area contributed by atoms with Crippen molar-refractivity contribution in [3.05, 3.63) is 70.6 Å². The first-order valence-electron chi connectivity index (χ1n) is 10.2. The summed E-state index contributed by atoms with van der Waals surface area (Å²) in [5, 5.41) is 7.33. The average molecular weight is 421 g/mol. The van der Waals surface area contributed by atoms with E-state index in [2.05, 4.69) is 25.6 Å². The van der Waals surface area contributed by atoms with E-state index in [9.17, 15) is 13.6 Å². The molecule has 1 fully saturated rings. The van der Waals surface area contributed by atoms with Crippen molar-refractivity contribution >= 4 is 16.9 Å². The fourth-order valence-corrected chi connectivity index (χ4v) is 4.09. The van der Waals surface area contributed by atoms with Gasteiger partial charge in [-0.25, -0.2) is 13.8 Å². The lowest BCUT2D eigenvalue weighted by Crippen LogP contribution is -2.39. The van der Waals surface area contributed by atoms with Crippen molar-refractivity contribution in [2.75, 3.05) is 18.4 Å². The standard InChI is InChI=1S/C23H21F2N5O/c24-17-4-1-5-18(25)22(17)13-6-7-19-15(9-13)16(12-27-19)20-10-21(31)30-23(29-20)28-14-3-2-8-26-11-14/h1,4-7,9-10,12,14,26-27H,2-3,8,11H2,(H2,28,29,30,31)/t14-/m1/s1. The number of aromatic nitrogens is 3. The Morgan fingerprint density at radius 2 is 1.94 bits per heavy atom. The summed E-state index contributed by atoms with van der Waals surface area (Å²) in [7, 11) is 0. The number of hydrogen-bond acceptors (Lipinski definition) is 4. The van der Waals surface area contributed by atoms with Crippen molar-refractivity contribution in [2.45, 2.75) is 18.9 Å². The van der Waals surface area contributed by atoms with Gasteiger partial charge in [-0.3, -0.25) is 9.78 Å². The van der Waals surface area contributed by atoms with Gasteiger partial charge in [-0.15, -0.1) is 0 Å². The second kappa shape index (κ2) is 7.96. The molecule has 4 N–H and O–H groups in total. The monoisotopic (exact) mass is 421 g/mol. The number of nitrogens with zero attached hydrogens (tertiary/aromatic N) is 1. The Balaban J connectivity index is 1.57. The summed E-state index contributed by atoms with van der Waals surface area (Å²) < 4.78 is 28.6. The van der Waals surface area contributed by atoms with Crippen LogP contribution in [-0.2, 0) is 0 Å². The molecule has 2 aromatic carbocycles. The second-order valence-electron chi connectivity index (χ2n) is 7.73. The van der Waals surface area contributed by atoms with Gasteiger partial charge in [-0.1, -0.05) is 12.1 Å². The van der Waals surface area contributed by atoms with E-state index >= 15 is 0 Å². The maximum Gasteiger partial charge on any atom is 0.252 e. The highest BCUT2D eigenvalue weighted by Gasteiger charge is 2.17. The Morgan fingerprint density at radius 3 is 2.71 bits per heavy atom. The highest BCUT2D eigenvalue weighted by molar-refractivity contribution is 5.97. The third kappa shape index (κ3) is 3.82. The van der Waals surface area contributed by atoms with Crippen LogP contribution >= 0.6 is 0 Å². The number of nitrogens with one attached hydrogen (secondary N) is 4. The molecule has 1 saturated heterocycles. The molecule has 2 aromatic heterocycles. The lowest BCUT2D eigenvalue weighted by molar-refractivity contribution is 0.478. The van der Waals surface area contributed by atoms with Crippen LogP contribution in [0, 0.1) is 11.6 Å². The Kier molecular flexibility index (Phi) is 4.99. The van der Waals surface area contributed by atoms with Gasteiger partial charge in [-0.05, 0) is 49.2 Å². The van der Waals surface area contributed by atoms with E-state index in [1.54, 1.807) is 24.4 Å². The van der Waals surface area contributed by atoms with Crippen molar-refractivity contribution in [1.82, 2.24) is 20.3 Å². The lowest BCUT2D eigenvalue weighted by Gasteiger charge is -2.24. The molecular weight excluding hydrogens is 400 g/mol. The van der Waals surface area contributed by atoms with Crippen LogP contribution in [0.2, 0.25) is 0 Å². The summed E-state index contributed by atoms with van der Waals surface area (Å²) in [6.45, 7) is 1.79. The van der Waals surface area contributed by atoms with Gasteiger partial charge >= 0.3 is 0 Å². The Morgan fingerprint density at radius 1 is 1.10 bits per heavy atom. The van der Waals surface area contributed by atoms with E-state index in [1.807, 2.05) is 0 Å². The number of piperidine rings is 1. The van der Waals surface area contributed by atoms with Crippen LogP contribution in [0.3, 0.4) is 0 Å². The Labute approximate surface area is 176 Å². The fourth-order valence-electron chi connectivity index (χ4n) is 4.09. The van der Waals surface area contributed by atoms with Gasteiger partial charge in [0.15, 0.2) is 0 Å². The van der Waals surface area contributed by atoms with Crippen LogP contribution < -0.4 is 16.2 Å². The van der Waals surface area contributed by atoms with Crippen molar-refractivity contribution in [3.8, 4) is 22.4 Å². The number of anilines is 1. The molecule has 0 spiro atoms. The molecule has 8 heteroatoms. The zero-order valence-electron chi connectivity index (χ0n) is 16.6. The molecule has 4 aromatic rings. The summed E-state index contributed by atoms with van der Waals surface area (Å²) in [5.74, 6) is -0.849. The number of aromatic amines is 2. The topological polar surface area (TPSA) is 85.6 Å². The number of benzene rings is 2. The third-order valence-electron chi connectivity index (χ3n) is 5.59. The van der Waals surface area contributed by atoms with E-state index < -0.39 is 11.6 Å². The first-order chi connectivity index (χ1) is 15.1. The summed E-state index contributed by atoms with van der Waals surface area (Å²) >= 11 is 0. The largest absolute Gasteiger partial charge is 0.360 e. The van der Waals surface area contributed by atoms with Gasteiger partial charge in [-0.2, -0.15) is 0 Å². The van der Waals surface area contributed by atoms with Crippen molar-refractivity contribution in [3.63, 3.8) is 0 Å². The van der Waals surface area contributed by atoms with Crippen LogP contribution in [0.25, 0.3) is 33.3 Å². The van der Waals surface area contributed by atoms with E-state index in [0.717, 1.165) is 36.8 Å². The fraction of sp³-hybridized carbons (Fsp3) is 0.217. The van der Waals surface area contributed by atoms with E-state index in [4.69, 9.17) is 0 Å². The number of halogens is 2. The maximum atomic E-state index is 14.3. The number of H-pyrrole nitrogens is 2. The smallest absolute Gasteiger partial charge is 0.252 e. The highest BCUT2D eigenvalue weighted by atomic mass is 19.1. The van der Waals surface area contributed by atoms with Crippen molar-refractivity contribution < 1.29 is 8.78 Å². The van der Waals surface area contributed by atoms with Gasteiger partial charge in [0.1, 0.15) is 11.6 Å². The minimum Gasteiger partial charge on any atom is -0.360 e. The molecule has 5 rings (SSSR count). The van der Waals surface area contributed by atoms with Crippen LogP contribution in [-0.4, -0.2) is 34.1 Å². The Bertz CT molecular complexity index is 1290. The number of rotatable bonds is 4. The summed E-state index contributed by atoms with van der Waals surface area (Å²) in [6.07, 6.45) is 3.80. The van der Waals surface area contributed by atoms with Gasteiger partial charge in [0.25, 0.3) is 5.56 Å². The van der Waals surface area contributed by atoms with Gasteiger partial charge in [0.05, 0.1) is 11.3 Å². The van der Waals surface area contributed by atoms with E-state index in [1.165, 1.54) is 24.3 Å². The maximum absolute atomic E-state index is 14.3. The molecule has 6 nitrogen and oxygen atoms in total. The van der Waals surface area contributed by atoms with Crippen LogP contribution in [0.4, 0.5) is 14.7 Å². The SMILES string of the molecule is O=c1cc(-c2c[nH]c3ccc(-c4c(F)cccc4F)cc23)nc(N[C@@H]2CCCNC2)[nH]1. The summed E-state index contributed by atoms with van der Waals surface area (Å²) in [5.41, 5.74) is 2.01. The Hall–Kier alpha value is -3.52. The van der Waals surface area contributed by atoms with Gasteiger partial charge in [0.2, 0.25) is 5.95 Å². The third-order valence-corrected chi connectivity index (χ3v) is 5.59. The van der Waals surface area contributed by atoms with Crippen LogP contribution in [0.5, 0.6) is 0 Å². The molecule has 0 bridgehead atoms. The normalized spacial score (nSPS) is 16.5. The highest BCUT2D eigenvalue weighted by Crippen LogP contribution is 2.33. The average Bonchev–Trinajstić information content (AvgIpc) is 3.17. The van der Waals surface area contributed by atoms with Gasteiger partial charge in [0, 0.05) is 41.3 Å². The quantitative estimate of drug-likeness (QED) is 0.401. The van der Waals surface area contributed by atoms with Crippen molar-refractivity contribution in [2.24, 2.45) is 0 Å². The summed E-state index contributed by atoms with van der Waals surface area (Å²) in [6, 6.07) is 10.6. The molecule has 31 heavy (non-hydrogen) atoms. The lowest BCUT2D eigenvalue weighted by atomic mass is 10.0. The van der Waals surface area contributed by atoms with Gasteiger partial charge < -0.3 is 15.6 Å². The molecule has 0 saturated carbocycles. The number of hydrogen-bond donors (Lipinski definition) is 4. The number of fused-ring (bicyclic) bond motifs is 1. The zero-order valence-corrected chi connectivity index (χ0v) is 16.6. The predicted octanol–water partition coefficient (Wildman–Crippen LogP) is 4.03. The molecule has 3 heterocycles. The first kappa shape index (κ1) is 19.4. The van der Waals surface area contributed by atoms with E-state index in [0.29, 0.717) is 22.8 Å². The molecule has 0 aliphatic carbocycles. The molecule has 1 atom stereocenters. The molecule has 0 unspecified atom stereocenters. The molecule has 0 radical (unpaired) electrons. The minimum absolute atomic E-state index is 0.0810. The molecule has 0 amide bonds. The zero-order chi connectivity index (χ0) is 21.4. The van der Waals surface area contributed by atoms with Crippen molar-refractivity contribution in [1.29, 1.82) is 0 Å². The molecule has 1 aliphatic heterocycles. The first-order valence-corrected chi connectivity index (χ1v) is 10.2. The molecule has 1 aliphatic rings. The predicted molar refractivity (Wildman–Crippen MR) is 117 cm³/mol. The summed E-state index contributed by atoms with van der Waals surface area (Å²) in [4.78, 5) is 22.8. The minimum atomic E-state index is -0.627. The van der Waals surface area contributed by atoms with Crippen LogP contribution in [0.15, 0.2) is 53.5 Å². The molecule has 158 valence electrons. The van der Waals surface area contributed by atoms with Crippen LogP contribution in [0.1, 0.15) is 12.8 Å². The van der Waals surface area contributed by atoms with E-state index in [-0.39, 0.29) is 17.2 Å². The second-order valence-corrected chi connectivity index (χ2v) is 7.73. The molecular formula is C23H21F2N5O.